The summed E-state index contributed by atoms with van der Waals surface area (Å²) >= 11 is 3.31. The second kappa shape index (κ2) is 5.83. The zero-order chi connectivity index (χ0) is 15.7. The zero-order valence-electron chi connectivity index (χ0n) is 11.8. The first-order valence-corrected chi connectivity index (χ1v) is 8.20. The molecular formula is C13H18BrNO4S. The van der Waals surface area contributed by atoms with Crippen molar-refractivity contribution in [1.29, 1.82) is 0 Å². The van der Waals surface area contributed by atoms with Crippen molar-refractivity contribution in [3.8, 4) is 0 Å². The number of carbonyl (C=O) groups is 1. The first-order valence-electron chi connectivity index (χ1n) is 5.97. The highest BCUT2D eigenvalue weighted by atomic mass is 79.9. The lowest BCUT2D eigenvalue weighted by atomic mass is 10.1. The molecule has 1 rings (SSSR count). The van der Waals surface area contributed by atoms with Gasteiger partial charge >= 0.3 is 5.97 Å². The Bertz CT molecular complexity index is 620. The molecule has 0 heterocycles. The predicted molar refractivity (Wildman–Crippen MR) is 80.2 cm³/mol. The van der Waals surface area contributed by atoms with E-state index < -0.39 is 28.1 Å². The molecule has 0 spiro atoms. The zero-order valence-corrected chi connectivity index (χ0v) is 14.2. The van der Waals surface area contributed by atoms with Crippen LogP contribution < -0.4 is 0 Å². The summed E-state index contributed by atoms with van der Waals surface area (Å²) in [6, 6.07) is 4.64. The molecule has 0 amide bonds. The Hall–Kier alpha value is -0.920. The number of hydrogen-bond donors (Lipinski definition) is 1. The molecule has 0 saturated carbocycles. The second-order valence-corrected chi connectivity index (χ2v) is 8.20. The van der Waals surface area contributed by atoms with E-state index >= 15 is 0 Å². The second-order valence-electron chi connectivity index (χ2n) is 5.49. The molecule has 0 aliphatic heterocycles. The van der Waals surface area contributed by atoms with Gasteiger partial charge in [-0.25, -0.2) is 8.42 Å². The molecule has 0 aliphatic carbocycles. The Labute approximate surface area is 127 Å². The van der Waals surface area contributed by atoms with Crippen LogP contribution in [0.5, 0.6) is 0 Å². The molecule has 0 atom stereocenters. The van der Waals surface area contributed by atoms with Crippen LogP contribution in [0.15, 0.2) is 27.6 Å². The third kappa shape index (κ3) is 3.80. The Kier molecular flexibility index (Phi) is 4.99. The molecule has 112 valence electrons. The summed E-state index contributed by atoms with van der Waals surface area (Å²) in [5.41, 5.74) is -0.0478. The summed E-state index contributed by atoms with van der Waals surface area (Å²) in [5.74, 6) is -1.18. The maximum absolute atomic E-state index is 12.6. The number of aliphatic carboxylic acids is 1. The SMILES string of the molecule is Cc1cc(S(=O)(=O)N(CC(=O)O)C(C)(C)C)ccc1Br. The molecule has 1 aromatic carbocycles. The van der Waals surface area contributed by atoms with Gasteiger partial charge in [-0.05, 0) is 51.5 Å². The Morgan fingerprint density at radius 1 is 1.35 bits per heavy atom. The Morgan fingerprint density at radius 3 is 2.30 bits per heavy atom. The van der Waals surface area contributed by atoms with E-state index in [-0.39, 0.29) is 4.90 Å². The molecule has 20 heavy (non-hydrogen) atoms. The first kappa shape index (κ1) is 17.1. The summed E-state index contributed by atoms with van der Waals surface area (Å²) in [6.45, 7) is 6.21. The molecule has 7 heteroatoms. The van der Waals surface area contributed by atoms with Gasteiger partial charge in [-0.15, -0.1) is 0 Å². The molecule has 0 radical (unpaired) electrons. The van der Waals surface area contributed by atoms with Crippen LogP contribution in [0, 0.1) is 6.92 Å². The number of carboxylic acid groups (broad SMARTS) is 1. The van der Waals surface area contributed by atoms with E-state index in [4.69, 9.17) is 5.11 Å². The summed E-state index contributed by atoms with van der Waals surface area (Å²) in [6.07, 6.45) is 0. The minimum atomic E-state index is -3.86. The monoisotopic (exact) mass is 363 g/mol. The van der Waals surface area contributed by atoms with E-state index in [1.165, 1.54) is 12.1 Å². The molecule has 1 N–H and O–H groups in total. The topological polar surface area (TPSA) is 74.7 Å². The van der Waals surface area contributed by atoms with Crippen molar-refractivity contribution in [3.63, 3.8) is 0 Å². The van der Waals surface area contributed by atoms with Gasteiger partial charge in [-0.1, -0.05) is 15.9 Å². The van der Waals surface area contributed by atoms with Crippen LogP contribution >= 0.6 is 15.9 Å². The van der Waals surface area contributed by atoms with E-state index in [0.717, 1.165) is 14.3 Å². The highest BCUT2D eigenvalue weighted by Crippen LogP contribution is 2.27. The van der Waals surface area contributed by atoms with Crippen molar-refractivity contribution in [2.45, 2.75) is 38.1 Å². The molecule has 0 saturated heterocycles. The van der Waals surface area contributed by atoms with Gasteiger partial charge in [0.25, 0.3) is 0 Å². The van der Waals surface area contributed by atoms with Crippen LogP contribution in [-0.4, -0.2) is 35.9 Å². The normalized spacial score (nSPS) is 12.7. The molecule has 0 aromatic heterocycles. The lowest BCUT2D eigenvalue weighted by Gasteiger charge is -2.33. The van der Waals surface area contributed by atoms with Crippen LogP contribution in [0.2, 0.25) is 0 Å². The third-order valence-corrected chi connectivity index (χ3v) is 5.74. The summed E-state index contributed by atoms with van der Waals surface area (Å²) in [4.78, 5) is 11.0. The van der Waals surface area contributed by atoms with Gasteiger partial charge in [0.2, 0.25) is 10.0 Å². The van der Waals surface area contributed by atoms with Crippen molar-refractivity contribution in [2.75, 3.05) is 6.54 Å². The standard InChI is InChI=1S/C13H18BrNO4S/c1-9-7-10(5-6-11(9)14)20(18,19)15(8-12(16)17)13(2,3)4/h5-7H,8H2,1-4H3,(H,16,17). The van der Waals surface area contributed by atoms with Gasteiger partial charge < -0.3 is 5.11 Å². The number of rotatable bonds is 4. The summed E-state index contributed by atoms with van der Waals surface area (Å²) < 4.78 is 27.0. The van der Waals surface area contributed by atoms with Crippen molar-refractivity contribution >= 4 is 31.9 Å². The number of halogens is 1. The average molecular weight is 364 g/mol. The Morgan fingerprint density at radius 2 is 1.90 bits per heavy atom. The highest BCUT2D eigenvalue weighted by molar-refractivity contribution is 9.10. The summed E-state index contributed by atoms with van der Waals surface area (Å²) in [5, 5.41) is 8.94. The van der Waals surface area contributed by atoms with E-state index in [1.807, 2.05) is 0 Å². The maximum atomic E-state index is 12.6. The van der Waals surface area contributed by atoms with Gasteiger partial charge in [0.15, 0.2) is 0 Å². The number of aryl methyl sites for hydroxylation is 1. The number of nitrogens with zero attached hydrogens (tertiary/aromatic N) is 1. The van der Waals surface area contributed by atoms with E-state index in [9.17, 15) is 13.2 Å². The highest BCUT2D eigenvalue weighted by Gasteiger charge is 2.35. The fourth-order valence-electron chi connectivity index (χ4n) is 1.71. The molecule has 5 nitrogen and oxygen atoms in total. The van der Waals surface area contributed by atoms with Gasteiger partial charge in [0, 0.05) is 10.0 Å². The lowest BCUT2D eigenvalue weighted by Crippen LogP contribution is -2.48. The van der Waals surface area contributed by atoms with Crippen molar-refractivity contribution < 1.29 is 18.3 Å². The van der Waals surface area contributed by atoms with Crippen molar-refractivity contribution in [2.24, 2.45) is 0 Å². The fourth-order valence-corrected chi connectivity index (χ4v) is 3.78. The van der Waals surface area contributed by atoms with Gasteiger partial charge in [-0.2, -0.15) is 4.31 Å². The molecule has 0 unspecified atom stereocenters. The van der Waals surface area contributed by atoms with E-state index in [2.05, 4.69) is 15.9 Å². The van der Waals surface area contributed by atoms with Crippen LogP contribution in [-0.2, 0) is 14.8 Å². The van der Waals surface area contributed by atoms with Crippen LogP contribution in [0.3, 0.4) is 0 Å². The van der Waals surface area contributed by atoms with E-state index in [0.29, 0.717) is 0 Å². The number of carboxylic acids is 1. The predicted octanol–water partition coefficient (Wildman–Crippen LogP) is 2.63. The largest absolute Gasteiger partial charge is 0.480 e. The Balaban J connectivity index is 3.36. The molecule has 1 aromatic rings. The molecule has 0 aliphatic rings. The maximum Gasteiger partial charge on any atom is 0.318 e. The smallest absolute Gasteiger partial charge is 0.318 e. The van der Waals surface area contributed by atoms with Crippen LogP contribution in [0.25, 0.3) is 0 Å². The number of benzene rings is 1. The number of sulfonamides is 1. The third-order valence-electron chi connectivity index (χ3n) is 2.74. The quantitative estimate of drug-likeness (QED) is 0.891. The molecule has 0 bridgehead atoms. The first-order chi connectivity index (χ1) is 8.96. The lowest BCUT2D eigenvalue weighted by molar-refractivity contribution is -0.138. The van der Waals surface area contributed by atoms with Crippen molar-refractivity contribution in [1.82, 2.24) is 4.31 Å². The van der Waals surface area contributed by atoms with E-state index in [1.54, 1.807) is 33.8 Å². The van der Waals surface area contributed by atoms with Crippen LogP contribution in [0.4, 0.5) is 0 Å². The minimum Gasteiger partial charge on any atom is -0.480 e. The van der Waals surface area contributed by atoms with Gasteiger partial charge in [0.1, 0.15) is 6.54 Å². The average Bonchev–Trinajstić information content (AvgIpc) is 2.27. The van der Waals surface area contributed by atoms with Crippen LogP contribution in [0.1, 0.15) is 26.3 Å². The fraction of sp³-hybridized carbons (Fsp3) is 0.462. The number of hydrogen-bond acceptors (Lipinski definition) is 3. The molecular weight excluding hydrogens is 346 g/mol. The summed E-state index contributed by atoms with van der Waals surface area (Å²) in [7, 11) is -3.86. The minimum absolute atomic E-state index is 0.0920. The van der Waals surface area contributed by atoms with Gasteiger partial charge in [0.05, 0.1) is 4.90 Å². The van der Waals surface area contributed by atoms with Gasteiger partial charge in [-0.3, -0.25) is 4.79 Å². The molecule has 0 fully saturated rings. The van der Waals surface area contributed by atoms with Crippen molar-refractivity contribution in [3.05, 3.63) is 28.2 Å².